The third kappa shape index (κ3) is 8.92. The van der Waals surface area contributed by atoms with Crippen LogP contribution in [0.5, 0.6) is 11.5 Å². The average Bonchev–Trinajstić information content (AvgIpc) is 3.07. The molecule has 47 heavy (non-hydrogen) atoms. The van der Waals surface area contributed by atoms with Gasteiger partial charge in [-0.2, -0.15) is 0 Å². The first-order chi connectivity index (χ1) is 22.6. The first-order valence-corrected chi connectivity index (χ1v) is 17.0. The van der Waals surface area contributed by atoms with Gasteiger partial charge in [-0.15, -0.1) is 0 Å². The highest BCUT2D eigenvalue weighted by atomic mass is 32.2. The summed E-state index contributed by atoms with van der Waals surface area (Å²) in [6.45, 7) is 5.75. The fourth-order valence-electron chi connectivity index (χ4n) is 5.27. The smallest absolute Gasteiger partial charge is 0.264 e. The van der Waals surface area contributed by atoms with E-state index in [1.807, 2.05) is 75.4 Å². The molecule has 0 radical (unpaired) electrons. The normalized spacial score (nSPS) is 11.8. The number of aryl methyl sites for hydroxylation is 2. The molecule has 0 aliphatic rings. The van der Waals surface area contributed by atoms with Gasteiger partial charge in [0.2, 0.25) is 11.8 Å². The van der Waals surface area contributed by atoms with Crippen LogP contribution in [0, 0.1) is 13.8 Å². The van der Waals surface area contributed by atoms with Crippen LogP contribution in [-0.2, 0) is 32.6 Å². The molecule has 4 rings (SSSR count). The Morgan fingerprint density at radius 1 is 0.787 bits per heavy atom. The predicted molar refractivity (Wildman–Crippen MR) is 184 cm³/mol. The van der Waals surface area contributed by atoms with Gasteiger partial charge in [-0.3, -0.25) is 13.9 Å². The minimum absolute atomic E-state index is 0.0254. The van der Waals surface area contributed by atoms with E-state index in [0.717, 1.165) is 33.0 Å². The van der Waals surface area contributed by atoms with Crippen molar-refractivity contribution in [2.75, 3.05) is 31.6 Å². The molecule has 0 unspecified atom stereocenters. The molecule has 0 spiro atoms. The molecule has 0 saturated carbocycles. The van der Waals surface area contributed by atoms with Crippen LogP contribution in [0.1, 0.15) is 35.6 Å². The van der Waals surface area contributed by atoms with Crippen LogP contribution in [0.2, 0.25) is 0 Å². The van der Waals surface area contributed by atoms with E-state index in [4.69, 9.17) is 9.47 Å². The molecule has 0 saturated heterocycles. The van der Waals surface area contributed by atoms with Crippen LogP contribution in [-0.4, -0.2) is 58.5 Å². The Hall–Kier alpha value is -4.83. The maximum absolute atomic E-state index is 14.6. The first kappa shape index (κ1) is 35.0. The number of carbonyl (C=O) groups excluding carboxylic acids is 2. The fraction of sp³-hybridized carbons (Fsp3) is 0.297. The number of sulfonamides is 1. The van der Waals surface area contributed by atoms with Crippen LogP contribution in [0.4, 0.5) is 5.69 Å². The van der Waals surface area contributed by atoms with Crippen molar-refractivity contribution in [2.45, 2.75) is 51.1 Å². The second kappa shape index (κ2) is 16.1. The lowest BCUT2D eigenvalue weighted by molar-refractivity contribution is -0.140. The van der Waals surface area contributed by atoms with Crippen molar-refractivity contribution in [3.8, 4) is 11.5 Å². The zero-order valence-corrected chi connectivity index (χ0v) is 28.4. The molecule has 9 nitrogen and oxygen atoms in total. The molecule has 0 fully saturated rings. The van der Waals surface area contributed by atoms with Crippen molar-refractivity contribution in [2.24, 2.45) is 0 Å². The molecule has 4 aromatic rings. The van der Waals surface area contributed by atoms with E-state index in [1.165, 1.54) is 37.3 Å². The predicted octanol–water partition coefficient (Wildman–Crippen LogP) is 5.68. The van der Waals surface area contributed by atoms with Gasteiger partial charge in [-0.1, -0.05) is 84.8 Å². The SMILES string of the molecule is CCCNC(=O)[C@@H](Cc1ccccc1)N(Cc1cccc(C)c1)C(=O)CN(c1ccc(OC)c(OC)c1)S(=O)(=O)c1ccc(C)cc1. The average molecular weight is 658 g/mol. The van der Waals surface area contributed by atoms with Crippen molar-refractivity contribution in [3.05, 3.63) is 119 Å². The van der Waals surface area contributed by atoms with Gasteiger partial charge in [0.1, 0.15) is 12.6 Å². The minimum Gasteiger partial charge on any atom is -0.493 e. The number of anilines is 1. The summed E-state index contributed by atoms with van der Waals surface area (Å²) in [7, 11) is -1.31. The summed E-state index contributed by atoms with van der Waals surface area (Å²) in [5.41, 5.74) is 3.79. The van der Waals surface area contributed by atoms with Crippen LogP contribution < -0.4 is 19.1 Å². The number of ether oxygens (including phenoxy) is 2. The van der Waals surface area contributed by atoms with E-state index in [-0.39, 0.29) is 29.5 Å². The second-order valence-corrected chi connectivity index (χ2v) is 13.2. The minimum atomic E-state index is -4.25. The van der Waals surface area contributed by atoms with Crippen LogP contribution >= 0.6 is 0 Å². The maximum atomic E-state index is 14.6. The van der Waals surface area contributed by atoms with Gasteiger partial charge in [0.15, 0.2) is 11.5 Å². The highest BCUT2D eigenvalue weighted by molar-refractivity contribution is 7.92. The van der Waals surface area contributed by atoms with Crippen molar-refractivity contribution < 1.29 is 27.5 Å². The van der Waals surface area contributed by atoms with Gasteiger partial charge in [0.25, 0.3) is 10.0 Å². The molecule has 0 aliphatic heterocycles. The van der Waals surface area contributed by atoms with Crippen LogP contribution in [0.3, 0.4) is 0 Å². The lowest BCUT2D eigenvalue weighted by Crippen LogP contribution is -2.53. The number of carbonyl (C=O) groups is 2. The third-order valence-electron chi connectivity index (χ3n) is 7.80. The number of nitrogens with one attached hydrogen (secondary N) is 1. The van der Waals surface area contributed by atoms with E-state index in [0.29, 0.717) is 18.0 Å². The molecule has 1 N–H and O–H groups in total. The molecule has 0 heterocycles. The Morgan fingerprint density at radius 3 is 2.11 bits per heavy atom. The number of rotatable bonds is 15. The lowest BCUT2D eigenvalue weighted by Gasteiger charge is -2.34. The van der Waals surface area contributed by atoms with E-state index in [9.17, 15) is 18.0 Å². The van der Waals surface area contributed by atoms with Crippen LogP contribution in [0.25, 0.3) is 0 Å². The molecule has 2 amide bonds. The van der Waals surface area contributed by atoms with Gasteiger partial charge in [-0.25, -0.2) is 8.42 Å². The van der Waals surface area contributed by atoms with Gasteiger partial charge in [-0.05, 0) is 55.7 Å². The van der Waals surface area contributed by atoms with E-state index < -0.39 is 28.5 Å². The first-order valence-electron chi connectivity index (χ1n) is 15.6. The summed E-state index contributed by atoms with van der Waals surface area (Å²) in [4.78, 5) is 29.9. The topological polar surface area (TPSA) is 105 Å². The Labute approximate surface area is 278 Å². The Bertz CT molecular complexity index is 1760. The van der Waals surface area contributed by atoms with E-state index >= 15 is 0 Å². The van der Waals surface area contributed by atoms with E-state index in [1.54, 1.807) is 24.3 Å². The number of amides is 2. The molecular weight excluding hydrogens is 614 g/mol. The molecule has 0 bridgehead atoms. The van der Waals surface area contributed by atoms with E-state index in [2.05, 4.69) is 5.32 Å². The van der Waals surface area contributed by atoms with Crippen molar-refractivity contribution in [3.63, 3.8) is 0 Å². The van der Waals surface area contributed by atoms with Gasteiger partial charge in [0, 0.05) is 25.6 Å². The summed E-state index contributed by atoms with van der Waals surface area (Å²) < 4.78 is 40.5. The van der Waals surface area contributed by atoms with Gasteiger partial charge < -0.3 is 19.7 Å². The van der Waals surface area contributed by atoms with Gasteiger partial charge >= 0.3 is 0 Å². The summed E-state index contributed by atoms with van der Waals surface area (Å²) in [6.07, 6.45) is 0.965. The molecule has 10 heteroatoms. The quantitative estimate of drug-likeness (QED) is 0.176. The zero-order valence-electron chi connectivity index (χ0n) is 27.6. The monoisotopic (exact) mass is 657 g/mol. The molecule has 0 aromatic heterocycles. The maximum Gasteiger partial charge on any atom is 0.264 e. The highest BCUT2D eigenvalue weighted by Crippen LogP contribution is 2.34. The fourth-order valence-corrected chi connectivity index (χ4v) is 6.68. The molecule has 1 atom stereocenters. The summed E-state index contributed by atoms with van der Waals surface area (Å²) >= 11 is 0. The molecule has 4 aromatic carbocycles. The largest absolute Gasteiger partial charge is 0.493 e. The highest BCUT2D eigenvalue weighted by Gasteiger charge is 2.35. The number of benzene rings is 4. The number of hydrogen-bond acceptors (Lipinski definition) is 6. The zero-order chi connectivity index (χ0) is 34.0. The summed E-state index contributed by atoms with van der Waals surface area (Å²) in [5.74, 6) is -0.133. The van der Waals surface area contributed by atoms with Crippen molar-refractivity contribution in [1.82, 2.24) is 10.2 Å². The number of nitrogens with zero attached hydrogens (tertiary/aromatic N) is 2. The molecule has 0 aliphatic carbocycles. The van der Waals surface area contributed by atoms with Crippen molar-refractivity contribution in [1.29, 1.82) is 0 Å². The standard InChI is InChI=1S/C37H43N3O6S/c1-6-21-38-37(42)33(23-29-12-8-7-9-13-29)39(25-30-14-10-11-28(3)22-30)36(41)26-40(31-17-20-34(45-4)35(24-31)46-5)47(43,44)32-18-15-27(2)16-19-32/h7-20,22,24,33H,6,21,23,25-26H2,1-5H3,(H,38,42)/t33-/m1/s1. The second-order valence-electron chi connectivity index (χ2n) is 11.4. The lowest BCUT2D eigenvalue weighted by atomic mass is 10.0. The third-order valence-corrected chi connectivity index (χ3v) is 9.59. The number of hydrogen-bond donors (Lipinski definition) is 1. The van der Waals surface area contributed by atoms with Crippen molar-refractivity contribution >= 4 is 27.5 Å². The number of methoxy groups -OCH3 is 2. The Morgan fingerprint density at radius 2 is 1.47 bits per heavy atom. The molecular formula is C37H43N3O6S. The Kier molecular flexibility index (Phi) is 12.0. The molecule has 248 valence electrons. The summed E-state index contributed by atoms with van der Waals surface area (Å²) in [5, 5.41) is 2.96. The van der Waals surface area contributed by atoms with Crippen LogP contribution in [0.15, 0.2) is 102 Å². The van der Waals surface area contributed by atoms with Gasteiger partial charge in [0.05, 0.1) is 24.8 Å². The summed E-state index contributed by atoms with van der Waals surface area (Å²) in [6, 6.07) is 27.4. The Balaban J connectivity index is 1.84.